The Balaban J connectivity index is 2.02. The first-order valence-corrected chi connectivity index (χ1v) is 5.08. The summed E-state index contributed by atoms with van der Waals surface area (Å²) in [6.45, 7) is 1.98. The SMILES string of the molecule is Cc1cc(C(=O)OCc2cnoc2)ccc1N. The smallest absolute Gasteiger partial charge is 0.338 e. The zero-order chi connectivity index (χ0) is 12.3. The highest BCUT2D eigenvalue weighted by Gasteiger charge is 2.09. The van der Waals surface area contributed by atoms with Crippen LogP contribution < -0.4 is 5.73 Å². The molecule has 1 aromatic heterocycles. The van der Waals surface area contributed by atoms with E-state index < -0.39 is 5.97 Å². The minimum Gasteiger partial charge on any atom is -0.457 e. The maximum Gasteiger partial charge on any atom is 0.338 e. The van der Waals surface area contributed by atoms with Crippen molar-refractivity contribution < 1.29 is 14.1 Å². The number of rotatable bonds is 3. The fourth-order valence-electron chi connectivity index (χ4n) is 1.33. The third-order valence-electron chi connectivity index (χ3n) is 2.36. The summed E-state index contributed by atoms with van der Waals surface area (Å²) in [5.41, 5.74) is 8.37. The monoisotopic (exact) mass is 232 g/mol. The lowest BCUT2D eigenvalue weighted by molar-refractivity contribution is 0.0472. The maximum absolute atomic E-state index is 11.7. The molecule has 2 aromatic rings. The van der Waals surface area contributed by atoms with Crippen LogP contribution in [0.5, 0.6) is 0 Å². The highest BCUT2D eigenvalue weighted by atomic mass is 16.5. The van der Waals surface area contributed by atoms with Gasteiger partial charge < -0.3 is 15.0 Å². The summed E-state index contributed by atoms with van der Waals surface area (Å²) in [6.07, 6.45) is 2.93. The fraction of sp³-hybridized carbons (Fsp3) is 0.167. The molecule has 1 aromatic carbocycles. The van der Waals surface area contributed by atoms with Crippen molar-refractivity contribution in [2.24, 2.45) is 0 Å². The van der Waals surface area contributed by atoms with Gasteiger partial charge >= 0.3 is 5.97 Å². The highest BCUT2D eigenvalue weighted by Crippen LogP contribution is 2.14. The molecule has 0 fully saturated rings. The van der Waals surface area contributed by atoms with E-state index in [-0.39, 0.29) is 6.61 Å². The van der Waals surface area contributed by atoms with Crippen LogP contribution in [0.15, 0.2) is 35.2 Å². The largest absolute Gasteiger partial charge is 0.457 e. The van der Waals surface area contributed by atoms with Gasteiger partial charge in [-0.15, -0.1) is 0 Å². The van der Waals surface area contributed by atoms with E-state index in [4.69, 9.17) is 10.5 Å². The van der Waals surface area contributed by atoms with Crippen molar-refractivity contribution in [2.75, 3.05) is 5.73 Å². The maximum atomic E-state index is 11.7. The molecule has 0 saturated carbocycles. The van der Waals surface area contributed by atoms with E-state index in [2.05, 4.69) is 9.68 Å². The normalized spacial score (nSPS) is 10.2. The first kappa shape index (κ1) is 11.2. The Bertz CT molecular complexity index is 521. The molecule has 1 heterocycles. The van der Waals surface area contributed by atoms with Crippen molar-refractivity contribution in [3.05, 3.63) is 47.3 Å². The van der Waals surface area contributed by atoms with E-state index in [1.807, 2.05) is 6.92 Å². The number of nitrogens with two attached hydrogens (primary N) is 1. The molecular weight excluding hydrogens is 220 g/mol. The second kappa shape index (κ2) is 4.69. The number of aromatic nitrogens is 1. The van der Waals surface area contributed by atoms with Crippen LogP contribution in [0.3, 0.4) is 0 Å². The van der Waals surface area contributed by atoms with Crippen LogP contribution in [-0.2, 0) is 11.3 Å². The zero-order valence-electron chi connectivity index (χ0n) is 9.34. The number of nitrogen functional groups attached to an aromatic ring is 1. The van der Waals surface area contributed by atoms with Crippen molar-refractivity contribution in [2.45, 2.75) is 13.5 Å². The topological polar surface area (TPSA) is 78.3 Å². The summed E-state index contributed by atoms with van der Waals surface area (Å²) in [5.74, 6) is -0.394. The lowest BCUT2D eigenvalue weighted by Crippen LogP contribution is -2.05. The minimum absolute atomic E-state index is 0.145. The first-order chi connectivity index (χ1) is 8.16. The molecule has 0 saturated heterocycles. The predicted molar refractivity (Wildman–Crippen MR) is 61.2 cm³/mol. The quantitative estimate of drug-likeness (QED) is 0.646. The number of benzene rings is 1. The number of ether oxygens (including phenoxy) is 1. The van der Waals surface area contributed by atoms with Crippen LogP contribution in [0.25, 0.3) is 0 Å². The second-order valence-electron chi connectivity index (χ2n) is 3.68. The molecule has 5 heteroatoms. The minimum atomic E-state index is -0.394. The van der Waals surface area contributed by atoms with Crippen LogP contribution in [0.4, 0.5) is 5.69 Å². The Labute approximate surface area is 98.2 Å². The van der Waals surface area contributed by atoms with Crippen LogP contribution >= 0.6 is 0 Å². The molecule has 5 nitrogen and oxygen atoms in total. The molecule has 0 aliphatic rings. The number of carbonyl (C=O) groups excluding carboxylic acids is 1. The van der Waals surface area contributed by atoms with Gasteiger partial charge in [0.2, 0.25) is 0 Å². The predicted octanol–water partition coefficient (Wildman–Crippen LogP) is 1.92. The number of hydrogen-bond donors (Lipinski definition) is 1. The Kier molecular flexibility index (Phi) is 3.09. The summed E-state index contributed by atoms with van der Waals surface area (Å²) >= 11 is 0. The van der Waals surface area contributed by atoms with Gasteiger partial charge in [-0.3, -0.25) is 0 Å². The van der Waals surface area contributed by atoms with E-state index in [9.17, 15) is 4.79 Å². The molecule has 0 bridgehead atoms. The Hall–Kier alpha value is -2.30. The number of aryl methyl sites for hydroxylation is 1. The summed E-state index contributed by atoms with van der Waals surface area (Å²) in [6, 6.07) is 5.02. The molecule has 2 N–H and O–H groups in total. The van der Waals surface area contributed by atoms with Crippen molar-refractivity contribution in [1.29, 1.82) is 0 Å². The molecule has 0 spiro atoms. The molecule has 0 aliphatic carbocycles. The van der Waals surface area contributed by atoms with E-state index in [1.54, 1.807) is 18.2 Å². The Morgan fingerprint density at radius 2 is 2.35 bits per heavy atom. The molecule has 2 rings (SSSR count). The number of anilines is 1. The average molecular weight is 232 g/mol. The zero-order valence-corrected chi connectivity index (χ0v) is 9.34. The molecular formula is C12H12N2O3. The van der Waals surface area contributed by atoms with Gasteiger partial charge in [0.25, 0.3) is 0 Å². The van der Waals surface area contributed by atoms with Crippen molar-refractivity contribution in [1.82, 2.24) is 5.16 Å². The van der Waals surface area contributed by atoms with Gasteiger partial charge in [-0.1, -0.05) is 5.16 Å². The number of hydrogen-bond acceptors (Lipinski definition) is 5. The lowest BCUT2D eigenvalue weighted by atomic mass is 10.1. The highest BCUT2D eigenvalue weighted by molar-refractivity contribution is 5.90. The van der Waals surface area contributed by atoms with Crippen molar-refractivity contribution in [3.63, 3.8) is 0 Å². The molecule has 0 unspecified atom stereocenters. The van der Waals surface area contributed by atoms with E-state index in [1.165, 1.54) is 12.5 Å². The molecule has 0 aliphatic heterocycles. The van der Waals surface area contributed by atoms with E-state index in [0.29, 0.717) is 16.8 Å². The van der Waals surface area contributed by atoms with Crippen LogP contribution in [-0.4, -0.2) is 11.1 Å². The fourth-order valence-corrected chi connectivity index (χ4v) is 1.33. The van der Waals surface area contributed by atoms with E-state index >= 15 is 0 Å². The van der Waals surface area contributed by atoms with Gasteiger partial charge in [0.1, 0.15) is 12.9 Å². The summed E-state index contributed by atoms with van der Waals surface area (Å²) in [7, 11) is 0. The van der Waals surface area contributed by atoms with Crippen LogP contribution in [0, 0.1) is 6.92 Å². The summed E-state index contributed by atoms with van der Waals surface area (Å²) in [4.78, 5) is 11.7. The van der Waals surface area contributed by atoms with Gasteiger partial charge in [-0.05, 0) is 30.7 Å². The standard InChI is InChI=1S/C12H12N2O3/c1-8-4-10(2-3-11(8)13)12(15)16-6-9-5-14-17-7-9/h2-5,7H,6,13H2,1H3. The van der Waals surface area contributed by atoms with Crippen LogP contribution in [0.1, 0.15) is 21.5 Å². The lowest BCUT2D eigenvalue weighted by Gasteiger charge is -2.05. The van der Waals surface area contributed by atoms with Gasteiger partial charge in [-0.2, -0.15) is 0 Å². The Morgan fingerprint density at radius 3 is 3.00 bits per heavy atom. The van der Waals surface area contributed by atoms with Gasteiger partial charge in [0, 0.05) is 11.3 Å². The summed E-state index contributed by atoms with van der Waals surface area (Å²) in [5, 5.41) is 3.52. The van der Waals surface area contributed by atoms with E-state index in [0.717, 1.165) is 5.56 Å². The number of carbonyl (C=O) groups is 1. The summed E-state index contributed by atoms with van der Waals surface area (Å²) < 4.78 is 9.72. The average Bonchev–Trinajstić information content (AvgIpc) is 2.82. The molecule has 17 heavy (non-hydrogen) atoms. The molecule has 0 radical (unpaired) electrons. The second-order valence-corrected chi connectivity index (χ2v) is 3.68. The number of nitrogens with zero attached hydrogens (tertiary/aromatic N) is 1. The number of esters is 1. The molecule has 88 valence electrons. The van der Waals surface area contributed by atoms with Crippen molar-refractivity contribution >= 4 is 11.7 Å². The third-order valence-corrected chi connectivity index (χ3v) is 2.36. The Morgan fingerprint density at radius 1 is 1.53 bits per heavy atom. The van der Waals surface area contributed by atoms with Gasteiger partial charge in [-0.25, -0.2) is 4.79 Å². The van der Waals surface area contributed by atoms with Crippen LogP contribution in [0.2, 0.25) is 0 Å². The molecule has 0 atom stereocenters. The van der Waals surface area contributed by atoms with Crippen molar-refractivity contribution in [3.8, 4) is 0 Å². The van der Waals surface area contributed by atoms with Gasteiger partial charge in [0.05, 0.1) is 11.8 Å². The van der Waals surface area contributed by atoms with Gasteiger partial charge in [0.15, 0.2) is 0 Å². The third kappa shape index (κ3) is 2.63. The first-order valence-electron chi connectivity index (χ1n) is 5.08. The molecule has 0 amide bonds.